The van der Waals surface area contributed by atoms with Crippen molar-refractivity contribution in [2.45, 2.75) is 23.5 Å². The van der Waals surface area contributed by atoms with Gasteiger partial charge in [0, 0.05) is 0 Å². The van der Waals surface area contributed by atoms with Crippen LogP contribution in [0.15, 0.2) is 76.6 Å². The molecule has 2 aromatic carbocycles. The molecule has 0 bridgehead atoms. The Morgan fingerprint density at radius 3 is 2.28 bits per heavy atom. The van der Waals surface area contributed by atoms with Gasteiger partial charge in [-0.3, -0.25) is 0 Å². The van der Waals surface area contributed by atoms with E-state index in [4.69, 9.17) is 4.74 Å². The van der Waals surface area contributed by atoms with Gasteiger partial charge in [-0.2, -0.15) is 0 Å². The molecule has 0 heterocycles. The minimum atomic E-state index is -3.79. The Balaban J connectivity index is 2.15. The van der Waals surface area contributed by atoms with Crippen LogP contribution in [0.2, 0.25) is 0 Å². The van der Waals surface area contributed by atoms with Gasteiger partial charge < -0.3 is 0 Å². The molecule has 132 valence electrons. The molecule has 0 spiro atoms. The number of carbonyl (C=O) groups excluding carboxylic acids is 1. The topological polar surface area (TPSA) is 60.4 Å². The summed E-state index contributed by atoms with van der Waals surface area (Å²) in [7, 11) is -3.79. The number of esters is 1. The van der Waals surface area contributed by atoms with E-state index in [2.05, 4.69) is 0 Å². The molecule has 0 saturated heterocycles. The molecule has 1 atom stereocenters. The van der Waals surface area contributed by atoms with Gasteiger partial charge in [0.2, 0.25) is 0 Å². The summed E-state index contributed by atoms with van der Waals surface area (Å²) in [6.07, 6.45) is 1.86. The predicted octanol–water partition coefficient (Wildman–Crippen LogP) is 2.33. The molecule has 0 saturated carbocycles. The van der Waals surface area contributed by atoms with Gasteiger partial charge in [0.25, 0.3) is 0 Å². The summed E-state index contributed by atoms with van der Waals surface area (Å²) in [4.78, 5) is 14.3. The summed E-state index contributed by atoms with van der Waals surface area (Å²) >= 11 is 0.0942. The number of hydrogen-bond donors (Lipinski definition) is 0. The second-order valence-corrected chi connectivity index (χ2v) is 9.32. The van der Waals surface area contributed by atoms with Crippen molar-refractivity contribution in [2.24, 2.45) is 0 Å². The van der Waals surface area contributed by atoms with Gasteiger partial charge in [0.15, 0.2) is 0 Å². The normalized spacial score (nSPS) is 12.8. The standard InChI is InChI=1S/C19H20O4SSe/c1-2-23-19(20)18(24(21,22)16-10-5-3-6-11-16)14-9-15-25-17-12-7-4-8-13-17/h3-13,15,18H,2,14H2,1H3/b15-9+. The number of hydrogen-bond acceptors (Lipinski definition) is 4. The van der Waals surface area contributed by atoms with Gasteiger partial charge in [-0.15, -0.1) is 0 Å². The van der Waals surface area contributed by atoms with E-state index in [1.807, 2.05) is 35.3 Å². The molecule has 0 aliphatic rings. The second-order valence-electron chi connectivity index (χ2n) is 5.14. The first-order valence-electron chi connectivity index (χ1n) is 7.88. The molecule has 0 radical (unpaired) electrons. The maximum absolute atomic E-state index is 12.8. The van der Waals surface area contributed by atoms with E-state index in [1.54, 1.807) is 31.2 Å². The average molecular weight is 423 g/mol. The molecule has 6 heteroatoms. The third-order valence-electron chi connectivity index (χ3n) is 3.39. The molecule has 0 aliphatic carbocycles. The molecular formula is C19H20O4SSe. The molecule has 0 aliphatic heterocycles. The SMILES string of the molecule is CCOC(=O)C(C/C=C/[Se]c1ccccc1)S(=O)(=O)c1ccccc1. The predicted molar refractivity (Wildman–Crippen MR) is 99.6 cm³/mol. The average Bonchev–Trinajstić information content (AvgIpc) is 2.63. The van der Waals surface area contributed by atoms with E-state index < -0.39 is 21.1 Å². The maximum atomic E-state index is 12.8. The molecular weight excluding hydrogens is 403 g/mol. The number of carbonyl (C=O) groups is 1. The van der Waals surface area contributed by atoms with Crippen molar-refractivity contribution < 1.29 is 17.9 Å². The van der Waals surface area contributed by atoms with Crippen LogP contribution in [0.1, 0.15) is 13.3 Å². The first-order chi connectivity index (χ1) is 12.1. The van der Waals surface area contributed by atoms with Crippen LogP contribution < -0.4 is 4.46 Å². The molecule has 2 aromatic rings. The Bertz CT molecular complexity index is 802. The van der Waals surface area contributed by atoms with Crippen molar-refractivity contribution >= 4 is 35.2 Å². The van der Waals surface area contributed by atoms with Gasteiger partial charge >= 0.3 is 155 Å². The third kappa shape index (κ3) is 5.56. The number of allylic oxidation sites excluding steroid dienone is 1. The van der Waals surface area contributed by atoms with Crippen molar-refractivity contribution in [1.82, 2.24) is 0 Å². The van der Waals surface area contributed by atoms with Crippen molar-refractivity contribution in [3.8, 4) is 0 Å². The van der Waals surface area contributed by atoms with Crippen LogP contribution >= 0.6 is 0 Å². The molecule has 4 nitrogen and oxygen atoms in total. The summed E-state index contributed by atoms with van der Waals surface area (Å²) in [5.74, 6) is -0.705. The molecule has 0 amide bonds. The van der Waals surface area contributed by atoms with Crippen molar-refractivity contribution in [3.63, 3.8) is 0 Å². The molecule has 2 rings (SSSR count). The third-order valence-corrected chi connectivity index (χ3v) is 7.28. The first kappa shape index (κ1) is 19.4. The Kier molecular flexibility index (Phi) is 7.44. The van der Waals surface area contributed by atoms with E-state index in [0.717, 1.165) is 0 Å². The fourth-order valence-electron chi connectivity index (χ4n) is 2.16. The van der Waals surface area contributed by atoms with Crippen molar-refractivity contribution in [3.05, 3.63) is 71.7 Å². The van der Waals surface area contributed by atoms with Crippen LogP contribution in [0.25, 0.3) is 0 Å². The zero-order chi connectivity index (χ0) is 18.1. The van der Waals surface area contributed by atoms with E-state index in [-0.39, 0.29) is 32.9 Å². The van der Waals surface area contributed by atoms with Gasteiger partial charge in [0.05, 0.1) is 0 Å². The van der Waals surface area contributed by atoms with Crippen molar-refractivity contribution in [2.75, 3.05) is 6.61 Å². The summed E-state index contributed by atoms with van der Waals surface area (Å²) in [6, 6.07) is 17.9. The van der Waals surface area contributed by atoms with Gasteiger partial charge in [-0.1, -0.05) is 0 Å². The van der Waals surface area contributed by atoms with Crippen LogP contribution in [-0.4, -0.2) is 41.2 Å². The van der Waals surface area contributed by atoms with E-state index in [9.17, 15) is 13.2 Å². The second kappa shape index (κ2) is 9.56. The number of benzene rings is 2. The Hall–Kier alpha value is -1.88. The van der Waals surface area contributed by atoms with E-state index in [1.165, 1.54) is 16.6 Å². The molecule has 1 unspecified atom stereocenters. The monoisotopic (exact) mass is 424 g/mol. The molecule has 0 aromatic heterocycles. The van der Waals surface area contributed by atoms with Crippen LogP contribution in [0, 0.1) is 0 Å². The molecule has 0 N–H and O–H groups in total. The number of ether oxygens (including phenoxy) is 1. The fraction of sp³-hybridized carbons (Fsp3) is 0.211. The van der Waals surface area contributed by atoms with Crippen LogP contribution in [0.4, 0.5) is 0 Å². The Labute approximate surface area is 155 Å². The summed E-state index contributed by atoms with van der Waals surface area (Å²) < 4.78 is 31.7. The van der Waals surface area contributed by atoms with Crippen molar-refractivity contribution in [1.29, 1.82) is 0 Å². The minimum absolute atomic E-state index is 0.0942. The molecule has 25 heavy (non-hydrogen) atoms. The van der Waals surface area contributed by atoms with E-state index in [0.29, 0.717) is 0 Å². The summed E-state index contributed by atoms with van der Waals surface area (Å²) in [6.45, 7) is 1.82. The van der Waals surface area contributed by atoms with Crippen LogP contribution in [0.3, 0.4) is 0 Å². The number of rotatable bonds is 8. The summed E-state index contributed by atoms with van der Waals surface area (Å²) in [5.41, 5.74) is 0. The fourth-order valence-corrected chi connectivity index (χ4v) is 5.14. The van der Waals surface area contributed by atoms with Gasteiger partial charge in [-0.25, -0.2) is 0 Å². The quantitative estimate of drug-likeness (QED) is 0.483. The van der Waals surface area contributed by atoms with Gasteiger partial charge in [0.1, 0.15) is 0 Å². The zero-order valence-corrected chi connectivity index (χ0v) is 16.4. The van der Waals surface area contributed by atoms with Crippen LogP contribution in [0.5, 0.6) is 0 Å². The van der Waals surface area contributed by atoms with E-state index >= 15 is 0 Å². The van der Waals surface area contributed by atoms with Gasteiger partial charge in [-0.05, 0) is 0 Å². The van der Waals surface area contributed by atoms with Crippen LogP contribution in [-0.2, 0) is 19.4 Å². The zero-order valence-electron chi connectivity index (χ0n) is 13.9. The first-order valence-corrected chi connectivity index (χ1v) is 11.3. The summed E-state index contributed by atoms with van der Waals surface area (Å²) in [5, 5.41) is -1.22. The Morgan fingerprint density at radius 1 is 1.08 bits per heavy atom. The Morgan fingerprint density at radius 2 is 1.68 bits per heavy atom. The number of sulfone groups is 1. The molecule has 0 fully saturated rings.